The summed E-state index contributed by atoms with van der Waals surface area (Å²) in [6, 6.07) is 10.5. The summed E-state index contributed by atoms with van der Waals surface area (Å²) < 4.78 is 0. The van der Waals surface area contributed by atoms with Gasteiger partial charge in [0.25, 0.3) is 0 Å². The Kier molecular flexibility index (Phi) is 5.43. The number of amides is 1. The molecule has 1 aromatic heterocycles. The lowest BCUT2D eigenvalue weighted by molar-refractivity contribution is -0.127. The molecule has 2 aromatic rings. The summed E-state index contributed by atoms with van der Waals surface area (Å²) in [7, 11) is 0. The van der Waals surface area contributed by atoms with Gasteiger partial charge >= 0.3 is 0 Å². The Labute approximate surface area is 149 Å². The van der Waals surface area contributed by atoms with Gasteiger partial charge in [-0.1, -0.05) is 30.3 Å². The highest BCUT2D eigenvalue weighted by Gasteiger charge is 2.28. The molecular weight excluding hydrogens is 312 g/mol. The fourth-order valence-electron chi connectivity index (χ4n) is 3.20. The number of carbonyl (C=O) groups is 1. The summed E-state index contributed by atoms with van der Waals surface area (Å²) in [5.41, 5.74) is 5.14. The Morgan fingerprint density at radius 3 is 2.56 bits per heavy atom. The van der Waals surface area contributed by atoms with Crippen molar-refractivity contribution in [3.05, 3.63) is 58.7 Å². The van der Waals surface area contributed by atoms with E-state index in [0.29, 0.717) is 13.0 Å². The minimum absolute atomic E-state index is 0.186. The molecule has 0 radical (unpaired) electrons. The van der Waals surface area contributed by atoms with E-state index in [0.717, 1.165) is 42.3 Å². The third-order valence-electron chi connectivity index (χ3n) is 4.87. The first-order valence-electron chi connectivity index (χ1n) is 8.88. The van der Waals surface area contributed by atoms with Crippen molar-refractivity contribution < 1.29 is 4.79 Å². The summed E-state index contributed by atoms with van der Waals surface area (Å²) in [6.07, 6.45) is 1.47. The highest BCUT2D eigenvalue weighted by molar-refractivity contribution is 5.79. The number of nitrogens with zero attached hydrogens (tertiary/aromatic N) is 3. The van der Waals surface area contributed by atoms with Crippen LogP contribution >= 0.6 is 0 Å². The van der Waals surface area contributed by atoms with Gasteiger partial charge in [0.2, 0.25) is 5.91 Å². The zero-order valence-electron chi connectivity index (χ0n) is 15.2. The number of carbonyl (C=O) groups excluding carboxylic acids is 1. The summed E-state index contributed by atoms with van der Waals surface area (Å²) in [5.74, 6) is 0.233. The molecule has 5 nitrogen and oxygen atoms in total. The SMILES string of the molecule is Cc1nc(C)c(CN[C@H]2CC(=O)N(CCc3ccccc3)C2)nc1C. The number of nitrogens with one attached hydrogen (secondary N) is 1. The Bertz CT molecular complexity index is 745. The van der Waals surface area contributed by atoms with Gasteiger partial charge in [-0.3, -0.25) is 14.8 Å². The van der Waals surface area contributed by atoms with Gasteiger partial charge in [0.15, 0.2) is 0 Å². The molecule has 0 bridgehead atoms. The van der Waals surface area contributed by atoms with Crippen LogP contribution in [0.15, 0.2) is 30.3 Å². The van der Waals surface area contributed by atoms with Crippen LogP contribution in [0, 0.1) is 20.8 Å². The number of likely N-dealkylation sites (tertiary alicyclic amines) is 1. The molecule has 0 spiro atoms. The second kappa shape index (κ2) is 7.74. The molecule has 132 valence electrons. The monoisotopic (exact) mass is 338 g/mol. The zero-order valence-corrected chi connectivity index (χ0v) is 15.2. The van der Waals surface area contributed by atoms with Gasteiger partial charge in [-0.05, 0) is 32.8 Å². The predicted molar refractivity (Wildman–Crippen MR) is 98.2 cm³/mol. The fraction of sp³-hybridized carbons (Fsp3) is 0.450. The van der Waals surface area contributed by atoms with Crippen molar-refractivity contribution in [3.63, 3.8) is 0 Å². The molecule has 1 amide bonds. The van der Waals surface area contributed by atoms with Crippen molar-refractivity contribution >= 4 is 5.91 Å². The molecule has 1 aromatic carbocycles. The van der Waals surface area contributed by atoms with Gasteiger partial charge in [0.05, 0.1) is 22.8 Å². The van der Waals surface area contributed by atoms with Gasteiger partial charge in [-0.15, -0.1) is 0 Å². The van der Waals surface area contributed by atoms with Crippen molar-refractivity contribution in [1.82, 2.24) is 20.2 Å². The van der Waals surface area contributed by atoms with Crippen LogP contribution in [-0.4, -0.2) is 39.9 Å². The molecule has 1 N–H and O–H groups in total. The summed E-state index contributed by atoms with van der Waals surface area (Å²) in [6.45, 7) is 8.15. The summed E-state index contributed by atoms with van der Waals surface area (Å²) in [4.78, 5) is 23.4. The molecule has 1 saturated heterocycles. The molecule has 3 rings (SSSR count). The molecule has 5 heteroatoms. The Morgan fingerprint density at radius 2 is 1.80 bits per heavy atom. The predicted octanol–water partition coefficient (Wildman–Crippen LogP) is 2.34. The maximum atomic E-state index is 12.2. The highest BCUT2D eigenvalue weighted by Crippen LogP contribution is 2.14. The maximum Gasteiger partial charge on any atom is 0.224 e. The molecule has 1 aliphatic rings. The smallest absolute Gasteiger partial charge is 0.224 e. The van der Waals surface area contributed by atoms with E-state index in [9.17, 15) is 4.79 Å². The first-order chi connectivity index (χ1) is 12.0. The van der Waals surface area contributed by atoms with Gasteiger partial charge in [-0.25, -0.2) is 0 Å². The number of hydrogen-bond donors (Lipinski definition) is 1. The average molecular weight is 338 g/mol. The van der Waals surface area contributed by atoms with Crippen LogP contribution in [0.2, 0.25) is 0 Å². The second-order valence-corrected chi connectivity index (χ2v) is 6.78. The standard InChI is InChI=1S/C20H26N4O/c1-14-15(2)23-19(16(3)22-14)12-21-18-11-20(25)24(13-18)10-9-17-7-5-4-6-8-17/h4-8,18,21H,9-13H2,1-3H3/t18-/m0/s1. The van der Waals surface area contributed by atoms with E-state index in [4.69, 9.17) is 0 Å². The van der Waals surface area contributed by atoms with Crippen LogP contribution in [0.25, 0.3) is 0 Å². The molecule has 1 atom stereocenters. The Hall–Kier alpha value is -2.27. The van der Waals surface area contributed by atoms with Gasteiger partial charge in [0.1, 0.15) is 0 Å². The van der Waals surface area contributed by atoms with Crippen molar-refractivity contribution in [2.75, 3.05) is 13.1 Å². The normalized spacial score (nSPS) is 17.3. The van der Waals surface area contributed by atoms with E-state index in [2.05, 4.69) is 27.4 Å². The maximum absolute atomic E-state index is 12.2. The highest BCUT2D eigenvalue weighted by atomic mass is 16.2. The van der Waals surface area contributed by atoms with E-state index in [-0.39, 0.29) is 11.9 Å². The zero-order chi connectivity index (χ0) is 17.8. The quantitative estimate of drug-likeness (QED) is 0.878. The molecule has 0 saturated carbocycles. The van der Waals surface area contributed by atoms with Crippen LogP contribution in [0.3, 0.4) is 0 Å². The third-order valence-corrected chi connectivity index (χ3v) is 4.87. The van der Waals surface area contributed by atoms with Crippen molar-refractivity contribution in [2.24, 2.45) is 0 Å². The van der Waals surface area contributed by atoms with Crippen LogP contribution in [-0.2, 0) is 17.8 Å². The molecule has 25 heavy (non-hydrogen) atoms. The van der Waals surface area contributed by atoms with Crippen molar-refractivity contribution in [1.29, 1.82) is 0 Å². The second-order valence-electron chi connectivity index (χ2n) is 6.78. The number of aromatic nitrogens is 2. The van der Waals surface area contributed by atoms with E-state index in [1.54, 1.807) is 0 Å². The lowest BCUT2D eigenvalue weighted by atomic mass is 10.1. The Balaban J connectivity index is 1.52. The molecule has 2 heterocycles. The topological polar surface area (TPSA) is 58.1 Å². The lowest BCUT2D eigenvalue weighted by Crippen LogP contribution is -2.33. The molecule has 0 aliphatic carbocycles. The number of benzene rings is 1. The van der Waals surface area contributed by atoms with E-state index < -0.39 is 0 Å². The average Bonchev–Trinajstić information content (AvgIpc) is 2.96. The van der Waals surface area contributed by atoms with Crippen LogP contribution < -0.4 is 5.32 Å². The molecule has 0 unspecified atom stereocenters. The van der Waals surface area contributed by atoms with Gasteiger partial charge in [-0.2, -0.15) is 0 Å². The van der Waals surface area contributed by atoms with Gasteiger partial charge < -0.3 is 10.2 Å². The van der Waals surface area contributed by atoms with E-state index >= 15 is 0 Å². The number of aryl methyl sites for hydroxylation is 3. The molecule has 1 aliphatic heterocycles. The minimum atomic E-state index is 0.186. The fourth-order valence-corrected chi connectivity index (χ4v) is 3.20. The summed E-state index contributed by atoms with van der Waals surface area (Å²) >= 11 is 0. The number of hydrogen-bond acceptors (Lipinski definition) is 4. The van der Waals surface area contributed by atoms with Crippen LogP contribution in [0.4, 0.5) is 0 Å². The first-order valence-corrected chi connectivity index (χ1v) is 8.88. The number of rotatable bonds is 6. The first kappa shape index (κ1) is 17.5. The van der Waals surface area contributed by atoms with E-state index in [1.165, 1.54) is 5.56 Å². The Morgan fingerprint density at radius 1 is 1.08 bits per heavy atom. The molecular formula is C20H26N4O. The van der Waals surface area contributed by atoms with Crippen LogP contribution in [0.5, 0.6) is 0 Å². The van der Waals surface area contributed by atoms with Gasteiger partial charge in [0, 0.05) is 32.1 Å². The lowest BCUT2D eigenvalue weighted by Gasteiger charge is -2.17. The largest absolute Gasteiger partial charge is 0.341 e. The minimum Gasteiger partial charge on any atom is -0.341 e. The van der Waals surface area contributed by atoms with E-state index in [1.807, 2.05) is 43.9 Å². The molecule has 1 fully saturated rings. The van der Waals surface area contributed by atoms with Crippen LogP contribution in [0.1, 0.15) is 34.8 Å². The van der Waals surface area contributed by atoms with Crippen molar-refractivity contribution in [2.45, 2.75) is 46.2 Å². The third kappa shape index (κ3) is 4.42. The van der Waals surface area contributed by atoms with Crippen molar-refractivity contribution in [3.8, 4) is 0 Å². The summed E-state index contributed by atoms with van der Waals surface area (Å²) in [5, 5.41) is 3.48.